The third kappa shape index (κ3) is 2.78. The quantitative estimate of drug-likeness (QED) is 0.233. The number of rotatable bonds is 2. The van der Waals surface area contributed by atoms with Crippen molar-refractivity contribution < 1.29 is 0 Å². The maximum absolute atomic E-state index is 5.93. The van der Waals surface area contributed by atoms with E-state index in [4.69, 9.17) is 15.7 Å². The van der Waals surface area contributed by atoms with E-state index in [1.54, 1.807) is 22.7 Å². The fraction of sp³-hybridized carbons (Fsp3) is 0. The van der Waals surface area contributed by atoms with E-state index < -0.39 is 0 Å². The van der Waals surface area contributed by atoms with E-state index in [9.17, 15) is 0 Å². The molecule has 0 radical (unpaired) electrons. The lowest BCUT2D eigenvalue weighted by atomic mass is 10.2. The van der Waals surface area contributed by atoms with Crippen molar-refractivity contribution in [3.63, 3.8) is 0 Å². The van der Waals surface area contributed by atoms with Crippen molar-refractivity contribution in [2.75, 3.05) is 5.73 Å². The van der Waals surface area contributed by atoms with E-state index in [0.717, 1.165) is 41.4 Å². The van der Waals surface area contributed by atoms with E-state index in [1.807, 2.05) is 18.2 Å². The molecule has 0 unspecified atom stereocenters. The molecule has 0 aliphatic heterocycles. The number of fused-ring (bicyclic) bond motifs is 2. The molecule has 2 N–H and O–H groups in total. The van der Waals surface area contributed by atoms with Gasteiger partial charge in [-0.1, -0.05) is 12.1 Å². The Balaban J connectivity index is 1.60. The van der Waals surface area contributed by atoms with Gasteiger partial charge in [0, 0.05) is 20.4 Å². The summed E-state index contributed by atoms with van der Waals surface area (Å²) in [5.74, 6) is 0. The van der Waals surface area contributed by atoms with Gasteiger partial charge < -0.3 is 5.73 Å². The van der Waals surface area contributed by atoms with Crippen LogP contribution in [0, 0.1) is 3.57 Å². The summed E-state index contributed by atoms with van der Waals surface area (Å²) < 4.78 is 3.43. The van der Waals surface area contributed by atoms with Crippen molar-refractivity contribution in [2.45, 2.75) is 0 Å². The molecule has 0 spiro atoms. The normalized spacial score (nSPS) is 11.4. The Kier molecular flexibility index (Phi) is 3.91. The van der Waals surface area contributed by atoms with Crippen LogP contribution in [0.15, 0.2) is 60.7 Å². The van der Waals surface area contributed by atoms with Gasteiger partial charge in [-0.2, -0.15) is 0 Å². The summed E-state index contributed by atoms with van der Waals surface area (Å²) in [5, 5.41) is 2.06. The molecule has 5 aromatic rings. The van der Waals surface area contributed by atoms with Crippen LogP contribution >= 0.6 is 45.3 Å². The van der Waals surface area contributed by atoms with Gasteiger partial charge in [-0.25, -0.2) is 9.97 Å². The molecule has 2 heterocycles. The topological polar surface area (TPSA) is 51.8 Å². The lowest BCUT2D eigenvalue weighted by Crippen LogP contribution is -1.88. The molecular formula is C20H12IN3S2. The third-order valence-corrected chi connectivity index (χ3v) is 7.26. The van der Waals surface area contributed by atoms with E-state index in [-0.39, 0.29) is 0 Å². The fourth-order valence-electron chi connectivity index (χ4n) is 2.84. The average molecular weight is 483 g/mol. The predicted molar refractivity (Wildman–Crippen MR) is 121 cm³/mol. The maximum atomic E-state index is 5.93. The number of nitrogens with two attached hydrogens (primary N) is 1. The highest BCUT2D eigenvalue weighted by Crippen LogP contribution is 2.36. The number of hydrogen-bond donors (Lipinski definition) is 1. The van der Waals surface area contributed by atoms with Crippen LogP contribution in [0.25, 0.3) is 41.6 Å². The predicted octanol–water partition coefficient (Wildman–Crippen LogP) is 6.43. The molecule has 0 atom stereocenters. The summed E-state index contributed by atoms with van der Waals surface area (Å²) in [6.07, 6.45) is 0. The number of para-hydroxylation sites is 1. The molecule has 0 aliphatic carbocycles. The Morgan fingerprint density at radius 2 is 1.38 bits per heavy atom. The number of hydrogen-bond acceptors (Lipinski definition) is 5. The van der Waals surface area contributed by atoms with Gasteiger partial charge in [0.15, 0.2) is 0 Å². The Labute approximate surface area is 171 Å². The molecule has 3 aromatic carbocycles. The van der Waals surface area contributed by atoms with Crippen molar-refractivity contribution in [2.24, 2.45) is 0 Å². The first-order valence-electron chi connectivity index (χ1n) is 7.99. The summed E-state index contributed by atoms with van der Waals surface area (Å²) in [6, 6.07) is 20.7. The van der Waals surface area contributed by atoms with Crippen LogP contribution in [0.5, 0.6) is 0 Å². The minimum Gasteiger partial charge on any atom is -0.398 e. The van der Waals surface area contributed by atoms with Crippen LogP contribution in [0.4, 0.5) is 5.69 Å². The standard InChI is InChI=1S/C20H12IN3S2/c21-13-9-11(5-7-14(13)22)19-24-16-8-6-12(10-18(16)26-19)20-23-15-3-1-2-4-17(15)25-20/h1-10H,22H2/i21-2. The summed E-state index contributed by atoms with van der Waals surface area (Å²) in [4.78, 5) is 9.55. The second kappa shape index (κ2) is 6.29. The molecule has 0 aliphatic rings. The van der Waals surface area contributed by atoms with Crippen LogP contribution < -0.4 is 5.73 Å². The highest BCUT2D eigenvalue weighted by atomic mass is 125. The van der Waals surface area contributed by atoms with Gasteiger partial charge in [0.05, 0.1) is 20.4 Å². The molecule has 26 heavy (non-hydrogen) atoms. The molecule has 0 saturated heterocycles. The molecule has 3 nitrogen and oxygen atoms in total. The summed E-state index contributed by atoms with van der Waals surface area (Å²) >= 11 is 5.69. The molecule has 126 valence electrons. The Morgan fingerprint density at radius 3 is 2.15 bits per heavy atom. The van der Waals surface area contributed by atoms with Gasteiger partial charge in [-0.15, -0.1) is 22.7 Å². The van der Waals surface area contributed by atoms with Crippen molar-refractivity contribution in [3.05, 3.63) is 64.2 Å². The number of aromatic nitrogens is 2. The molecule has 0 amide bonds. The zero-order valence-corrected chi connectivity index (χ0v) is 17.2. The smallest absolute Gasteiger partial charge is 0.124 e. The highest BCUT2D eigenvalue weighted by Gasteiger charge is 2.11. The van der Waals surface area contributed by atoms with Gasteiger partial charge in [0.25, 0.3) is 0 Å². The second-order valence-corrected chi connectivity index (χ2v) is 9.15. The number of anilines is 1. The Hall–Kier alpha value is -2.03. The van der Waals surface area contributed by atoms with Crippen LogP contribution in [0.2, 0.25) is 0 Å². The lowest BCUT2D eigenvalue weighted by Gasteiger charge is -2.00. The van der Waals surface area contributed by atoms with Gasteiger partial charge in [0.1, 0.15) is 10.0 Å². The van der Waals surface area contributed by atoms with Gasteiger partial charge in [-0.05, 0) is 71.1 Å². The minimum absolute atomic E-state index is 0.800. The Morgan fingerprint density at radius 1 is 0.731 bits per heavy atom. The van der Waals surface area contributed by atoms with Crippen molar-refractivity contribution in [3.8, 4) is 21.1 Å². The van der Waals surface area contributed by atoms with Crippen molar-refractivity contribution in [1.29, 1.82) is 0 Å². The van der Waals surface area contributed by atoms with E-state index in [1.165, 1.54) is 9.40 Å². The number of thiazole rings is 2. The molecular weight excluding hydrogens is 471 g/mol. The number of nitrogen functional groups attached to an aromatic ring is 1. The molecule has 0 fully saturated rings. The molecule has 2 aromatic heterocycles. The SMILES string of the molecule is Nc1ccc(-c2nc3ccc(-c4nc5ccccc5s4)cc3s2)cc1[125I]. The third-order valence-electron chi connectivity index (χ3n) is 4.18. The van der Waals surface area contributed by atoms with Gasteiger partial charge in [0.2, 0.25) is 0 Å². The molecule has 6 heteroatoms. The van der Waals surface area contributed by atoms with Crippen molar-refractivity contribution in [1.82, 2.24) is 9.97 Å². The molecule has 0 bridgehead atoms. The lowest BCUT2D eigenvalue weighted by molar-refractivity contribution is 1.46. The summed E-state index contributed by atoms with van der Waals surface area (Å²) in [5.41, 5.74) is 11.0. The van der Waals surface area contributed by atoms with Gasteiger partial charge in [-0.3, -0.25) is 0 Å². The van der Waals surface area contributed by atoms with Crippen LogP contribution in [0.3, 0.4) is 0 Å². The minimum atomic E-state index is 0.800. The zero-order valence-electron chi connectivity index (χ0n) is 13.4. The van der Waals surface area contributed by atoms with E-state index in [0.29, 0.717) is 0 Å². The van der Waals surface area contributed by atoms with Crippen molar-refractivity contribution >= 4 is 71.4 Å². The van der Waals surface area contributed by atoms with Crippen LogP contribution in [-0.2, 0) is 0 Å². The monoisotopic (exact) mass is 483 g/mol. The number of benzene rings is 3. The number of nitrogens with zero attached hydrogens (tertiary/aromatic N) is 2. The van der Waals surface area contributed by atoms with E-state index >= 15 is 0 Å². The maximum Gasteiger partial charge on any atom is 0.124 e. The first-order chi connectivity index (χ1) is 12.7. The zero-order chi connectivity index (χ0) is 17.7. The average Bonchev–Trinajstić information content (AvgIpc) is 3.27. The number of halogens is 1. The summed E-state index contributed by atoms with van der Waals surface area (Å²) in [6.45, 7) is 0. The van der Waals surface area contributed by atoms with Crippen LogP contribution in [-0.4, -0.2) is 9.97 Å². The first kappa shape index (κ1) is 16.2. The highest BCUT2D eigenvalue weighted by molar-refractivity contribution is 14.1. The molecule has 0 saturated carbocycles. The largest absolute Gasteiger partial charge is 0.398 e. The first-order valence-corrected chi connectivity index (χ1v) is 10.7. The van der Waals surface area contributed by atoms with E-state index in [2.05, 4.69) is 65.1 Å². The second-order valence-electron chi connectivity index (χ2n) is 5.92. The summed E-state index contributed by atoms with van der Waals surface area (Å²) in [7, 11) is 0. The Bertz CT molecular complexity index is 1240. The van der Waals surface area contributed by atoms with Gasteiger partial charge >= 0.3 is 0 Å². The fourth-order valence-corrected chi connectivity index (χ4v) is 5.32. The van der Waals surface area contributed by atoms with Crippen LogP contribution in [0.1, 0.15) is 0 Å². The molecule has 5 rings (SSSR count).